The van der Waals surface area contributed by atoms with Crippen molar-refractivity contribution < 1.29 is 9.53 Å². The van der Waals surface area contributed by atoms with Crippen LogP contribution in [0.25, 0.3) is 0 Å². The van der Waals surface area contributed by atoms with Crippen molar-refractivity contribution in [2.75, 3.05) is 25.1 Å². The van der Waals surface area contributed by atoms with Crippen LogP contribution in [0, 0.1) is 11.2 Å². The number of esters is 1. The molecule has 0 aliphatic carbocycles. The van der Waals surface area contributed by atoms with Crippen LogP contribution in [0.4, 0.5) is 5.69 Å². The number of nitriles is 1. The average Bonchev–Trinajstić information content (AvgIpc) is 2.48. The van der Waals surface area contributed by atoms with Crippen LogP contribution in [0.1, 0.15) is 5.56 Å². The van der Waals surface area contributed by atoms with Crippen molar-refractivity contribution in [3.05, 3.63) is 29.8 Å². The Balaban J connectivity index is 1.95. The van der Waals surface area contributed by atoms with Gasteiger partial charge in [-0.25, -0.2) is 5.26 Å². The molecule has 0 N–H and O–H groups in total. The fourth-order valence-electron chi connectivity index (χ4n) is 2.33. The molecule has 1 aliphatic heterocycles. The molecule has 1 fully saturated rings. The van der Waals surface area contributed by atoms with Crippen molar-refractivity contribution in [3.8, 4) is 5.97 Å². The molecule has 0 unspecified atom stereocenters. The first kappa shape index (κ1) is 13.5. The number of nitrogens with zero attached hydrogens (tertiary/aromatic N) is 2. The molecule has 1 aromatic carbocycles. The standard InChI is InChI=1S/C14H17BN2O2/c1-19-14(18)10-12-2-4-13(5-3-12)17-8-6-15(11-16)7-9-17/h2-5H,6-10H2,1H3. The van der Waals surface area contributed by atoms with E-state index in [0.29, 0.717) is 6.42 Å². The van der Waals surface area contributed by atoms with E-state index in [1.807, 2.05) is 24.3 Å². The van der Waals surface area contributed by atoms with Gasteiger partial charge in [-0.3, -0.25) is 4.79 Å². The zero-order valence-electron chi connectivity index (χ0n) is 11.1. The SMILES string of the molecule is COC(=O)Cc1ccc(N2CCB(C#N)CC2)cc1. The van der Waals surface area contributed by atoms with Crippen molar-refractivity contribution in [3.63, 3.8) is 0 Å². The number of carbonyl (C=O) groups is 1. The van der Waals surface area contributed by atoms with E-state index < -0.39 is 0 Å². The molecule has 19 heavy (non-hydrogen) atoms. The summed E-state index contributed by atoms with van der Waals surface area (Å²) in [6.45, 7) is 2.05. The number of carbonyl (C=O) groups excluding carboxylic acids is 1. The van der Waals surface area contributed by atoms with Gasteiger partial charge in [0.2, 0.25) is 0 Å². The molecule has 98 valence electrons. The average molecular weight is 256 g/mol. The van der Waals surface area contributed by atoms with Crippen LogP contribution in [0.3, 0.4) is 0 Å². The van der Waals surface area contributed by atoms with Crippen molar-refractivity contribution in [2.45, 2.75) is 19.1 Å². The van der Waals surface area contributed by atoms with Crippen LogP contribution in [-0.4, -0.2) is 32.9 Å². The molecule has 0 saturated carbocycles. The van der Waals surface area contributed by atoms with Gasteiger partial charge in [0.15, 0.2) is 0 Å². The number of benzene rings is 1. The maximum atomic E-state index is 11.2. The summed E-state index contributed by atoms with van der Waals surface area (Å²) in [6.07, 6.45) is 2.17. The molecule has 5 heteroatoms. The molecule has 0 aromatic heterocycles. The van der Waals surface area contributed by atoms with Gasteiger partial charge in [0.05, 0.1) is 13.5 Å². The van der Waals surface area contributed by atoms with Crippen LogP contribution in [0.5, 0.6) is 0 Å². The Kier molecular flexibility index (Phi) is 4.46. The van der Waals surface area contributed by atoms with Crippen LogP contribution >= 0.6 is 0 Å². The van der Waals surface area contributed by atoms with E-state index in [9.17, 15) is 4.79 Å². The van der Waals surface area contributed by atoms with Crippen LogP contribution in [-0.2, 0) is 16.0 Å². The van der Waals surface area contributed by atoms with Gasteiger partial charge < -0.3 is 9.64 Å². The van der Waals surface area contributed by atoms with E-state index in [2.05, 4.69) is 15.6 Å². The summed E-state index contributed by atoms with van der Waals surface area (Å²) >= 11 is 0. The maximum absolute atomic E-state index is 11.2. The summed E-state index contributed by atoms with van der Waals surface area (Å²) in [4.78, 5) is 13.5. The van der Waals surface area contributed by atoms with E-state index in [-0.39, 0.29) is 12.7 Å². The lowest BCUT2D eigenvalue weighted by atomic mass is 9.45. The topological polar surface area (TPSA) is 53.3 Å². The summed E-state index contributed by atoms with van der Waals surface area (Å²) < 4.78 is 4.64. The van der Waals surface area contributed by atoms with Crippen LogP contribution < -0.4 is 4.90 Å². The minimum atomic E-state index is -0.220. The summed E-state index contributed by atoms with van der Waals surface area (Å²) in [5, 5.41) is 8.88. The third-order valence-electron chi connectivity index (χ3n) is 3.56. The number of anilines is 1. The van der Waals surface area contributed by atoms with Gasteiger partial charge in [0, 0.05) is 24.7 Å². The quantitative estimate of drug-likeness (QED) is 0.611. The molecule has 1 saturated heterocycles. The van der Waals surface area contributed by atoms with E-state index in [4.69, 9.17) is 5.26 Å². The van der Waals surface area contributed by atoms with Gasteiger partial charge in [0.25, 0.3) is 6.71 Å². The third kappa shape index (κ3) is 3.51. The molecular weight excluding hydrogens is 239 g/mol. The highest BCUT2D eigenvalue weighted by Gasteiger charge is 2.22. The van der Waals surface area contributed by atoms with Gasteiger partial charge in [-0.05, 0) is 30.3 Å². The first-order chi connectivity index (χ1) is 9.22. The van der Waals surface area contributed by atoms with E-state index in [1.165, 1.54) is 7.11 Å². The number of hydrogen-bond acceptors (Lipinski definition) is 4. The summed E-state index contributed by atoms with van der Waals surface area (Å²) in [6, 6.07) is 7.99. The van der Waals surface area contributed by atoms with Gasteiger partial charge in [-0.15, -0.1) is 0 Å². The second kappa shape index (κ2) is 6.28. The van der Waals surface area contributed by atoms with Gasteiger partial charge in [0.1, 0.15) is 0 Å². The smallest absolute Gasteiger partial charge is 0.309 e. The summed E-state index contributed by atoms with van der Waals surface area (Å²) in [7, 11) is 1.40. The molecule has 1 aliphatic rings. The monoisotopic (exact) mass is 256 g/mol. The highest BCUT2D eigenvalue weighted by Crippen LogP contribution is 2.21. The lowest BCUT2D eigenvalue weighted by Crippen LogP contribution is -2.36. The fraction of sp³-hybridized carbons (Fsp3) is 0.429. The molecule has 2 rings (SSSR count). The molecule has 1 aromatic rings. The maximum Gasteiger partial charge on any atom is 0.309 e. The van der Waals surface area contributed by atoms with Crippen LogP contribution in [0.2, 0.25) is 12.6 Å². The third-order valence-corrected chi connectivity index (χ3v) is 3.56. The number of rotatable bonds is 3. The zero-order valence-corrected chi connectivity index (χ0v) is 11.1. The second-order valence-electron chi connectivity index (χ2n) is 4.81. The second-order valence-corrected chi connectivity index (χ2v) is 4.81. The summed E-state index contributed by atoms with van der Waals surface area (Å²) in [5.41, 5.74) is 2.12. The van der Waals surface area contributed by atoms with Crippen molar-refractivity contribution in [1.82, 2.24) is 0 Å². The van der Waals surface area contributed by atoms with E-state index in [0.717, 1.165) is 37.0 Å². The van der Waals surface area contributed by atoms with Gasteiger partial charge >= 0.3 is 5.97 Å². The van der Waals surface area contributed by atoms with Gasteiger partial charge in [-0.1, -0.05) is 12.1 Å². The normalized spacial score (nSPS) is 14.9. The Labute approximate surface area is 114 Å². The van der Waals surface area contributed by atoms with Crippen LogP contribution in [0.15, 0.2) is 24.3 Å². The van der Waals surface area contributed by atoms with Crippen molar-refractivity contribution in [2.24, 2.45) is 0 Å². The van der Waals surface area contributed by atoms with E-state index >= 15 is 0 Å². The molecule has 0 bridgehead atoms. The molecule has 1 heterocycles. The molecule has 0 amide bonds. The number of hydrogen-bond donors (Lipinski definition) is 0. The minimum Gasteiger partial charge on any atom is -0.469 e. The lowest BCUT2D eigenvalue weighted by molar-refractivity contribution is -0.139. The Bertz CT molecular complexity index is 473. The lowest BCUT2D eigenvalue weighted by Gasteiger charge is -2.30. The van der Waals surface area contributed by atoms with Gasteiger partial charge in [-0.2, -0.15) is 0 Å². The predicted molar refractivity (Wildman–Crippen MR) is 75.4 cm³/mol. The Morgan fingerprint density at radius 1 is 1.37 bits per heavy atom. The number of methoxy groups -OCH3 is 1. The highest BCUT2D eigenvalue weighted by atomic mass is 16.5. The molecular formula is C14H17BN2O2. The largest absolute Gasteiger partial charge is 0.469 e. The molecule has 0 atom stereocenters. The first-order valence-corrected chi connectivity index (χ1v) is 6.53. The molecule has 0 radical (unpaired) electrons. The fourth-order valence-corrected chi connectivity index (χ4v) is 2.33. The first-order valence-electron chi connectivity index (χ1n) is 6.53. The van der Waals surface area contributed by atoms with E-state index in [1.54, 1.807) is 0 Å². The molecule has 4 nitrogen and oxygen atoms in total. The minimum absolute atomic E-state index is 0.204. The number of ether oxygens (including phenoxy) is 1. The molecule has 0 spiro atoms. The summed E-state index contributed by atoms with van der Waals surface area (Å²) in [5.74, 6) is 2.12. The Morgan fingerprint density at radius 3 is 2.53 bits per heavy atom. The highest BCUT2D eigenvalue weighted by molar-refractivity contribution is 6.67. The Hall–Kier alpha value is -1.96. The Morgan fingerprint density at radius 2 is 2.00 bits per heavy atom. The van der Waals surface area contributed by atoms with Crippen molar-refractivity contribution in [1.29, 1.82) is 5.26 Å². The van der Waals surface area contributed by atoms with Crippen molar-refractivity contribution >= 4 is 18.4 Å². The predicted octanol–water partition coefficient (Wildman–Crippen LogP) is 1.78. The zero-order chi connectivity index (χ0) is 13.7.